The molecule has 6 rings (SSSR count). The maximum atomic E-state index is 12.9. The molecule has 2 aromatic heterocycles. The van der Waals surface area contributed by atoms with Crippen LogP contribution in [0.15, 0.2) is 78.9 Å². The van der Waals surface area contributed by atoms with Gasteiger partial charge in [0.1, 0.15) is 5.82 Å². The van der Waals surface area contributed by atoms with E-state index in [1.807, 2.05) is 42.5 Å². The highest BCUT2D eigenvalue weighted by Gasteiger charge is 2.30. The number of halogens is 3. The van der Waals surface area contributed by atoms with Crippen molar-refractivity contribution in [2.24, 2.45) is 0 Å². The second-order valence-electron chi connectivity index (χ2n) is 9.32. The van der Waals surface area contributed by atoms with Gasteiger partial charge in [-0.15, -0.1) is 10.2 Å². The standard InChI is InChI=1S/C28H25F3N6/c29-28(30,31)22-12-10-21(11-13-22)19-35-14-16-36(17-15-35)27-32-24-9-5-4-8-23(24)26-34-33-25(37(26)27)18-20-6-2-1-3-7-20/h1-13H,14-19H2. The van der Waals surface area contributed by atoms with Gasteiger partial charge in [-0.1, -0.05) is 54.6 Å². The molecular formula is C28H25F3N6. The van der Waals surface area contributed by atoms with Crippen LogP contribution in [0.25, 0.3) is 16.6 Å². The lowest BCUT2D eigenvalue weighted by molar-refractivity contribution is -0.137. The number of aromatic nitrogens is 4. The SMILES string of the molecule is FC(F)(F)c1ccc(CN2CCN(c3nc4ccccc4c4nnc(Cc5ccccc5)n34)CC2)cc1. The molecule has 5 aromatic rings. The molecule has 0 bridgehead atoms. The number of benzene rings is 3. The van der Waals surface area contributed by atoms with Gasteiger partial charge in [0, 0.05) is 44.5 Å². The van der Waals surface area contributed by atoms with E-state index in [1.54, 1.807) is 12.1 Å². The van der Waals surface area contributed by atoms with Crippen LogP contribution in [0.1, 0.15) is 22.5 Å². The number of hydrogen-bond donors (Lipinski definition) is 0. The zero-order chi connectivity index (χ0) is 25.4. The van der Waals surface area contributed by atoms with E-state index >= 15 is 0 Å². The van der Waals surface area contributed by atoms with Crippen LogP contribution in [0.5, 0.6) is 0 Å². The molecule has 9 heteroatoms. The van der Waals surface area contributed by atoms with Gasteiger partial charge in [0.15, 0.2) is 5.65 Å². The first-order chi connectivity index (χ1) is 18.0. The topological polar surface area (TPSA) is 49.6 Å². The summed E-state index contributed by atoms with van der Waals surface area (Å²) in [5.41, 5.74) is 3.07. The first-order valence-electron chi connectivity index (χ1n) is 12.3. The number of hydrogen-bond acceptors (Lipinski definition) is 5. The summed E-state index contributed by atoms with van der Waals surface area (Å²) in [6.45, 7) is 3.63. The van der Waals surface area contributed by atoms with Crippen molar-refractivity contribution in [3.8, 4) is 0 Å². The Labute approximate surface area is 212 Å². The van der Waals surface area contributed by atoms with Crippen molar-refractivity contribution in [2.45, 2.75) is 19.1 Å². The highest BCUT2D eigenvalue weighted by atomic mass is 19.4. The normalized spacial score (nSPS) is 15.1. The minimum atomic E-state index is -4.32. The van der Waals surface area contributed by atoms with Gasteiger partial charge in [-0.3, -0.25) is 4.90 Å². The van der Waals surface area contributed by atoms with Crippen LogP contribution in [0, 0.1) is 0 Å². The van der Waals surface area contributed by atoms with Crippen molar-refractivity contribution in [1.82, 2.24) is 24.5 Å². The summed E-state index contributed by atoms with van der Waals surface area (Å²) in [6, 6.07) is 23.6. The summed E-state index contributed by atoms with van der Waals surface area (Å²) in [6.07, 6.45) is -3.67. The molecule has 3 heterocycles. The first kappa shape index (κ1) is 23.4. The predicted octanol–water partition coefficient (Wildman–Crippen LogP) is 5.21. The molecule has 0 unspecified atom stereocenters. The molecule has 0 atom stereocenters. The Morgan fingerprint density at radius 3 is 2.16 bits per heavy atom. The Morgan fingerprint density at radius 2 is 1.43 bits per heavy atom. The fraction of sp³-hybridized carbons (Fsp3) is 0.250. The highest BCUT2D eigenvalue weighted by Crippen LogP contribution is 2.30. The minimum absolute atomic E-state index is 0.610. The smallest absolute Gasteiger partial charge is 0.339 e. The first-order valence-corrected chi connectivity index (χ1v) is 12.3. The van der Waals surface area contributed by atoms with Gasteiger partial charge in [0.25, 0.3) is 0 Å². The maximum absolute atomic E-state index is 12.9. The van der Waals surface area contributed by atoms with E-state index in [9.17, 15) is 13.2 Å². The van der Waals surface area contributed by atoms with Crippen LogP contribution in [-0.4, -0.2) is 50.7 Å². The lowest BCUT2D eigenvalue weighted by atomic mass is 10.1. The monoisotopic (exact) mass is 502 g/mol. The lowest BCUT2D eigenvalue weighted by Crippen LogP contribution is -2.47. The van der Waals surface area contributed by atoms with E-state index in [0.717, 1.165) is 77.8 Å². The third kappa shape index (κ3) is 4.74. The molecule has 188 valence electrons. The van der Waals surface area contributed by atoms with Gasteiger partial charge in [0.05, 0.1) is 11.1 Å². The summed E-state index contributed by atoms with van der Waals surface area (Å²) < 4.78 is 40.7. The van der Waals surface area contributed by atoms with Crippen molar-refractivity contribution >= 4 is 22.5 Å². The molecule has 0 spiro atoms. The number of nitrogens with zero attached hydrogens (tertiary/aromatic N) is 6. The molecule has 1 aliphatic rings. The molecule has 6 nitrogen and oxygen atoms in total. The molecule has 0 radical (unpaired) electrons. The Bertz CT molecular complexity index is 1520. The fourth-order valence-corrected chi connectivity index (χ4v) is 4.89. The van der Waals surface area contributed by atoms with Crippen LogP contribution in [0.4, 0.5) is 19.1 Å². The van der Waals surface area contributed by atoms with Crippen molar-refractivity contribution < 1.29 is 13.2 Å². The van der Waals surface area contributed by atoms with Crippen molar-refractivity contribution in [3.63, 3.8) is 0 Å². The fourth-order valence-electron chi connectivity index (χ4n) is 4.89. The maximum Gasteiger partial charge on any atom is 0.416 e. The summed E-state index contributed by atoms with van der Waals surface area (Å²) in [5, 5.41) is 10.1. The molecule has 0 saturated carbocycles. The van der Waals surface area contributed by atoms with Gasteiger partial charge in [0.2, 0.25) is 5.95 Å². The van der Waals surface area contributed by atoms with E-state index in [4.69, 9.17) is 4.98 Å². The average molecular weight is 503 g/mol. The summed E-state index contributed by atoms with van der Waals surface area (Å²) in [5.74, 6) is 1.65. The van der Waals surface area contributed by atoms with Crippen molar-refractivity contribution in [3.05, 3.63) is 101 Å². The molecule has 0 aliphatic carbocycles. The van der Waals surface area contributed by atoms with E-state index in [2.05, 4.69) is 36.5 Å². The van der Waals surface area contributed by atoms with Crippen LogP contribution in [0.2, 0.25) is 0 Å². The van der Waals surface area contributed by atoms with Gasteiger partial charge >= 0.3 is 6.18 Å². The van der Waals surface area contributed by atoms with E-state index < -0.39 is 11.7 Å². The van der Waals surface area contributed by atoms with Gasteiger partial charge in [-0.05, 0) is 35.4 Å². The second kappa shape index (κ2) is 9.48. The number of anilines is 1. The van der Waals surface area contributed by atoms with Crippen molar-refractivity contribution in [2.75, 3.05) is 31.1 Å². The third-order valence-electron chi connectivity index (χ3n) is 6.84. The number of piperazine rings is 1. The highest BCUT2D eigenvalue weighted by molar-refractivity contribution is 5.92. The van der Waals surface area contributed by atoms with E-state index in [0.29, 0.717) is 13.0 Å². The van der Waals surface area contributed by atoms with E-state index in [-0.39, 0.29) is 0 Å². The predicted molar refractivity (Wildman–Crippen MR) is 136 cm³/mol. The molecule has 1 saturated heterocycles. The van der Waals surface area contributed by atoms with Gasteiger partial charge < -0.3 is 4.90 Å². The number of para-hydroxylation sites is 1. The number of fused-ring (bicyclic) bond motifs is 3. The number of rotatable bonds is 5. The van der Waals surface area contributed by atoms with Crippen LogP contribution in [0.3, 0.4) is 0 Å². The molecule has 0 N–H and O–H groups in total. The van der Waals surface area contributed by atoms with Crippen LogP contribution >= 0.6 is 0 Å². The van der Waals surface area contributed by atoms with Gasteiger partial charge in [-0.2, -0.15) is 13.2 Å². The Hall–Kier alpha value is -3.98. The zero-order valence-electron chi connectivity index (χ0n) is 20.1. The molecule has 3 aromatic carbocycles. The average Bonchev–Trinajstić information content (AvgIpc) is 3.33. The quantitative estimate of drug-likeness (QED) is 0.330. The molecule has 1 fully saturated rings. The zero-order valence-corrected chi connectivity index (χ0v) is 20.1. The Balaban J connectivity index is 1.26. The van der Waals surface area contributed by atoms with E-state index in [1.165, 1.54) is 0 Å². The minimum Gasteiger partial charge on any atom is -0.339 e. The molecular weight excluding hydrogens is 477 g/mol. The number of alkyl halides is 3. The molecule has 1 aliphatic heterocycles. The summed E-state index contributed by atoms with van der Waals surface area (Å²) in [7, 11) is 0. The van der Waals surface area contributed by atoms with Crippen LogP contribution in [-0.2, 0) is 19.1 Å². The lowest BCUT2D eigenvalue weighted by Gasteiger charge is -2.35. The third-order valence-corrected chi connectivity index (χ3v) is 6.84. The Morgan fingerprint density at radius 1 is 0.730 bits per heavy atom. The van der Waals surface area contributed by atoms with Crippen LogP contribution < -0.4 is 4.90 Å². The van der Waals surface area contributed by atoms with Gasteiger partial charge in [-0.25, -0.2) is 9.38 Å². The molecule has 0 amide bonds. The molecule has 37 heavy (non-hydrogen) atoms. The second-order valence-corrected chi connectivity index (χ2v) is 9.32. The van der Waals surface area contributed by atoms with Crippen molar-refractivity contribution in [1.29, 1.82) is 0 Å². The largest absolute Gasteiger partial charge is 0.416 e. The summed E-state index contributed by atoms with van der Waals surface area (Å²) >= 11 is 0. The Kier molecular flexibility index (Phi) is 6.00. The summed E-state index contributed by atoms with van der Waals surface area (Å²) in [4.78, 5) is 9.54.